The molecule has 0 bridgehead atoms. The second kappa shape index (κ2) is 6.11. The van der Waals surface area contributed by atoms with Crippen LogP contribution in [-0.4, -0.2) is 4.98 Å². The molecule has 0 radical (unpaired) electrons. The molecule has 0 saturated heterocycles. The van der Waals surface area contributed by atoms with Crippen molar-refractivity contribution in [2.24, 2.45) is 11.7 Å². The van der Waals surface area contributed by atoms with Crippen molar-refractivity contribution in [3.8, 4) is 10.6 Å². The van der Waals surface area contributed by atoms with Gasteiger partial charge >= 0.3 is 0 Å². The van der Waals surface area contributed by atoms with Gasteiger partial charge in [-0.1, -0.05) is 29.8 Å². The van der Waals surface area contributed by atoms with Gasteiger partial charge in [0.25, 0.3) is 0 Å². The molecule has 0 fully saturated rings. The average molecular weight is 343 g/mol. The maximum absolute atomic E-state index is 13.4. The Morgan fingerprint density at radius 1 is 1.42 bits per heavy atom. The summed E-state index contributed by atoms with van der Waals surface area (Å²) in [5.74, 6) is 0.268. The van der Waals surface area contributed by atoms with Gasteiger partial charge in [-0.3, -0.25) is 0 Å². The fourth-order valence-electron chi connectivity index (χ4n) is 1.87. The van der Waals surface area contributed by atoms with Crippen molar-refractivity contribution in [2.75, 3.05) is 0 Å². The highest BCUT2D eigenvalue weighted by atomic mass is 79.9. The molecule has 1 aromatic heterocycles. The Morgan fingerprint density at radius 3 is 2.79 bits per heavy atom. The van der Waals surface area contributed by atoms with Crippen LogP contribution in [0.1, 0.15) is 24.4 Å². The van der Waals surface area contributed by atoms with E-state index in [0.29, 0.717) is 12.5 Å². The fourth-order valence-corrected chi connectivity index (χ4v) is 3.43. The SMILES string of the molecule is CC(C)Cc1nc(-c2cc(F)ccc2Br)sc1CN. The number of halogens is 2. The fraction of sp³-hybridized carbons (Fsp3) is 0.357. The number of rotatable bonds is 4. The van der Waals surface area contributed by atoms with Gasteiger partial charge in [0, 0.05) is 21.5 Å². The summed E-state index contributed by atoms with van der Waals surface area (Å²) in [6.07, 6.45) is 0.899. The molecular weight excluding hydrogens is 327 g/mol. The molecule has 0 atom stereocenters. The lowest BCUT2D eigenvalue weighted by molar-refractivity contribution is 0.627. The van der Waals surface area contributed by atoms with Gasteiger partial charge in [0.15, 0.2) is 0 Å². The first kappa shape index (κ1) is 14.6. The van der Waals surface area contributed by atoms with Crippen LogP contribution in [0.25, 0.3) is 10.6 Å². The smallest absolute Gasteiger partial charge is 0.125 e. The number of thiazole rings is 1. The number of hydrogen-bond acceptors (Lipinski definition) is 3. The molecule has 1 heterocycles. The molecule has 0 saturated carbocycles. The number of nitrogens with two attached hydrogens (primary N) is 1. The quantitative estimate of drug-likeness (QED) is 0.895. The highest BCUT2D eigenvalue weighted by Gasteiger charge is 2.15. The third kappa shape index (κ3) is 3.41. The highest BCUT2D eigenvalue weighted by Crippen LogP contribution is 2.34. The van der Waals surface area contributed by atoms with Crippen LogP contribution in [0.4, 0.5) is 4.39 Å². The molecule has 0 aliphatic rings. The van der Waals surface area contributed by atoms with Gasteiger partial charge in [0.1, 0.15) is 10.8 Å². The minimum atomic E-state index is -0.256. The van der Waals surface area contributed by atoms with Crippen molar-refractivity contribution in [1.82, 2.24) is 4.98 Å². The van der Waals surface area contributed by atoms with Crippen molar-refractivity contribution < 1.29 is 4.39 Å². The third-order valence-electron chi connectivity index (χ3n) is 2.72. The lowest BCUT2D eigenvalue weighted by atomic mass is 10.1. The third-order valence-corrected chi connectivity index (χ3v) is 4.57. The average Bonchev–Trinajstić information content (AvgIpc) is 2.74. The maximum atomic E-state index is 13.4. The lowest BCUT2D eigenvalue weighted by Crippen LogP contribution is -2.01. The minimum absolute atomic E-state index is 0.256. The van der Waals surface area contributed by atoms with Crippen molar-refractivity contribution >= 4 is 27.3 Å². The molecule has 0 spiro atoms. The summed E-state index contributed by atoms with van der Waals surface area (Å²) in [5.41, 5.74) is 7.59. The van der Waals surface area contributed by atoms with Crippen molar-refractivity contribution in [1.29, 1.82) is 0 Å². The zero-order valence-corrected chi connectivity index (χ0v) is 13.3. The second-order valence-electron chi connectivity index (χ2n) is 4.82. The first-order valence-electron chi connectivity index (χ1n) is 6.15. The molecule has 5 heteroatoms. The van der Waals surface area contributed by atoms with Crippen molar-refractivity contribution in [3.05, 3.63) is 39.1 Å². The molecule has 2 aromatic rings. The van der Waals surface area contributed by atoms with E-state index >= 15 is 0 Å². The summed E-state index contributed by atoms with van der Waals surface area (Å²) >= 11 is 4.99. The molecule has 1 aromatic carbocycles. The van der Waals surface area contributed by atoms with Crippen LogP contribution in [0.2, 0.25) is 0 Å². The molecular formula is C14H16BrFN2S. The van der Waals surface area contributed by atoms with E-state index in [9.17, 15) is 4.39 Å². The monoisotopic (exact) mass is 342 g/mol. The molecule has 0 unspecified atom stereocenters. The van der Waals surface area contributed by atoms with Crippen molar-refractivity contribution in [3.63, 3.8) is 0 Å². The number of benzene rings is 1. The first-order chi connectivity index (χ1) is 9.01. The predicted octanol–water partition coefficient (Wildman–Crippen LogP) is 4.37. The summed E-state index contributed by atoms with van der Waals surface area (Å²) in [6.45, 7) is 4.78. The summed E-state index contributed by atoms with van der Waals surface area (Å²) in [5, 5.41) is 0.822. The van der Waals surface area contributed by atoms with Crippen LogP contribution < -0.4 is 5.73 Å². The lowest BCUT2D eigenvalue weighted by Gasteiger charge is -2.02. The number of hydrogen-bond donors (Lipinski definition) is 1. The van der Waals surface area contributed by atoms with Gasteiger partial charge in [-0.25, -0.2) is 9.37 Å². The normalized spacial score (nSPS) is 11.3. The van der Waals surface area contributed by atoms with Gasteiger partial charge < -0.3 is 5.73 Å². The van der Waals surface area contributed by atoms with Crippen LogP contribution >= 0.6 is 27.3 Å². The predicted molar refractivity (Wildman–Crippen MR) is 81.6 cm³/mol. The Morgan fingerprint density at radius 2 is 2.16 bits per heavy atom. The van der Waals surface area contributed by atoms with E-state index in [1.807, 2.05) is 0 Å². The van der Waals surface area contributed by atoms with E-state index in [-0.39, 0.29) is 5.82 Å². The van der Waals surface area contributed by atoms with Gasteiger partial charge in [0.05, 0.1) is 5.69 Å². The molecule has 0 amide bonds. The zero-order valence-electron chi connectivity index (χ0n) is 10.9. The highest BCUT2D eigenvalue weighted by molar-refractivity contribution is 9.10. The Balaban J connectivity index is 2.45. The number of nitrogens with zero attached hydrogens (tertiary/aromatic N) is 1. The van der Waals surface area contributed by atoms with Crippen LogP contribution in [0.15, 0.2) is 22.7 Å². The molecule has 19 heavy (non-hydrogen) atoms. The molecule has 2 N–H and O–H groups in total. The van der Waals surface area contributed by atoms with Crippen LogP contribution in [-0.2, 0) is 13.0 Å². The van der Waals surface area contributed by atoms with Crippen LogP contribution in [0.3, 0.4) is 0 Å². The van der Waals surface area contributed by atoms with E-state index in [4.69, 9.17) is 5.73 Å². The minimum Gasteiger partial charge on any atom is -0.326 e. The van der Waals surface area contributed by atoms with Crippen LogP contribution in [0, 0.1) is 11.7 Å². The molecule has 102 valence electrons. The second-order valence-corrected chi connectivity index (χ2v) is 6.75. The van der Waals surface area contributed by atoms with E-state index in [2.05, 4.69) is 34.8 Å². The first-order valence-corrected chi connectivity index (χ1v) is 7.76. The molecule has 2 nitrogen and oxygen atoms in total. The molecule has 2 rings (SSSR count). The van der Waals surface area contributed by atoms with Crippen molar-refractivity contribution in [2.45, 2.75) is 26.8 Å². The summed E-state index contributed by atoms with van der Waals surface area (Å²) in [7, 11) is 0. The zero-order chi connectivity index (χ0) is 14.0. The summed E-state index contributed by atoms with van der Waals surface area (Å²) < 4.78 is 14.2. The molecule has 0 aliphatic heterocycles. The van der Waals surface area contributed by atoms with E-state index in [0.717, 1.165) is 32.0 Å². The standard InChI is InChI=1S/C14H16BrFN2S/c1-8(2)5-12-13(7-17)19-14(18-12)10-6-9(16)3-4-11(10)15/h3-4,6,8H,5,7,17H2,1-2H3. The molecule has 0 aliphatic carbocycles. The largest absolute Gasteiger partial charge is 0.326 e. The van der Waals surface area contributed by atoms with E-state index in [1.165, 1.54) is 12.1 Å². The van der Waals surface area contributed by atoms with Gasteiger partial charge in [-0.2, -0.15) is 0 Å². The van der Waals surface area contributed by atoms with Crippen LogP contribution in [0.5, 0.6) is 0 Å². The Hall–Kier alpha value is -0.780. The Bertz CT molecular complexity index is 581. The van der Waals surface area contributed by atoms with E-state index < -0.39 is 0 Å². The topological polar surface area (TPSA) is 38.9 Å². The maximum Gasteiger partial charge on any atom is 0.125 e. The van der Waals surface area contributed by atoms with Gasteiger partial charge in [-0.05, 0) is 30.5 Å². The Kier molecular flexibility index (Phi) is 4.71. The summed E-state index contributed by atoms with van der Waals surface area (Å²) in [6, 6.07) is 4.64. The van der Waals surface area contributed by atoms with E-state index in [1.54, 1.807) is 17.4 Å². The van der Waals surface area contributed by atoms with Gasteiger partial charge in [-0.15, -0.1) is 11.3 Å². The Labute approximate surface area is 125 Å². The van der Waals surface area contributed by atoms with Gasteiger partial charge in [0.2, 0.25) is 0 Å². The number of aromatic nitrogens is 1. The summed E-state index contributed by atoms with van der Waals surface area (Å²) in [4.78, 5) is 5.72.